The van der Waals surface area contributed by atoms with Gasteiger partial charge >= 0.3 is 0 Å². The molecule has 0 bridgehead atoms. The monoisotopic (exact) mass is 408 g/mol. The van der Waals surface area contributed by atoms with E-state index in [1.54, 1.807) is 0 Å². The largest absolute Gasteiger partial charge is 0.405 e. The molecule has 0 heterocycles. The summed E-state index contributed by atoms with van der Waals surface area (Å²) < 4.78 is 7.15. The summed E-state index contributed by atoms with van der Waals surface area (Å²) in [4.78, 5) is 0. The van der Waals surface area contributed by atoms with Gasteiger partial charge in [-0.2, -0.15) is 0 Å². The van der Waals surface area contributed by atoms with E-state index in [-0.39, 0.29) is 11.1 Å². The van der Waals surface area contributed by atoms with Gasteiger partial charge in [0.05, 0.1) is 0 Å². The van der Waals surface area contributed by atoms with E-state index in [0.717, 1.165) is 12.8 Å². The highest BCUT2D eigenvalue weighted by Gasteiger charge is 2.50. The van der Waals surface area contributed by atoms with Gasteiger partial charge < -0.3 is 4.43 Å². The van der Waals surface area contributed by atoms with Gasteiger partial charge in [0.25, 0.3) is 8.32 Å². The molecule has 2 aromatic rings. The molecule has 0 saturated heterocycles. The Morgan fingerprint density at radius 3 is 1.79 bits per heavy atom. The van der Waals surface area contributed by atoms with E-state index in [2.05, 4.69) is 94.9 Å². The molecule has 0 aliphatic carbocycles. The normalized spacial score (nSPS) is 13.2. The van der Waals surface area contributed by atoms with Crippen LogP contribution in [0.5, 0.6) is 0 Å². The van der Waals surface area contributed by atoms with Crippen LogP contribution >= 0.6 is 0 Å². The molecule has 1 atom stereocenters. The van der Waals surface area contributed by atoms with E-state index in [4.69, 9.17) is 4.43 Å². The molecule has 0 aliphatic heterocycles. The molecule has 0 spiro atoms. The summed E-state index contributed by atoms with van der Waals surface area (Å²) in [7, 11) is -2.41. The molecule has 0 fully saturated rings. The number of benzene rings is 2. The first kappa shape index (κ1) is 23.6. The zero-order chi connectivity index (χ0) is 21.2. The molecule has 2 rings (SSSR count). The predicted molar refractivity (Wildman–Crippen MR) is 131 cm³/mol. The van der Waals surface area contributed by atoms with E-state index in [1.807, 2.05) is 6.08 Å². The summed E-state index contributed by atoms with van der Waals surface area (Å²) in [5.41, 5.74) is 0. The van der Waals surface area contributed by atoms with Gasteiger partial charge in [-0.25, -0.2) is 0 Å². The predicted octanol–water partition coefficient (Wildman–Crippen LogP) is 6.87. The first-order valence-corrected chi connectivity index (χ1v) is 13.2. The zero-order valence-corrected chi connectivity index (χ0v) is 20.0. The SMILES string of the molecule is C=CCCCCCCC[C@H](C)O[Si](c1ccccc1)(c1ccccc1)C(C)(C)C. The number of rotatable bonds is 12. The van der Waals surface area contributed by atoms with E-state index in [9.17, 15) is 0 Å². The minimum Gasteiger partial charge on any atom is -0.405 e. The van der Waals surface area contributed by atoms with Gasteiger partial charge in [-0.05, 0) is 41.6 Å². The molecule has 1 nitrogen and oxygen atoms in total. The Morgan fingerprint density at radius 2 is 1.31 bits per heavy atom. The van der Waals surface area contributed by atoms with Crippen molar-refractivity contribution in [3.8, 4) is 0 Å². The van der Waals surface area contributed by atoms with Gasteiger partial charge in [0, 0.05) is 6.10 Å². The van der Waals surface area contributed by atoms with E-state index in [1.165, 1.54) is 42.5 Å². The van der Waals surface area contributed by atoms with Crippen LogP contribution in [0.2, 0.25) is 5.04 Å². The van der Waals surface area contributed by atoms with Crippen molar-refractivity contribution in [1.82, 2.24) is 0 Å². The number of allylic oxidation sites excluding steroid dienone is 1. The van der Waals surface area contributed by atoms with Crippen molar-refractivity contribution in [1.29, 1.82) is 0 Å². The molecule has 2 aromatic carbocycles. The molecule has 158 valence electrons. The average molecular weight is 409 g/mol. The smallest absolute Gasteiger partial charge is 0.261 e. The highest BCUT2D eigenvalue weighted by atomic mass is 28.4. The van der Waals surface area contributed by atoms with Gasteiger partial charge in [0.1, 0.15) is 0 Å². The lowest BCUT2D eigenvalue weighted by atomic mass is 10.1. The van der Waals surface area contributed by atoms with Gasteiger partial charge in [0.15, 0.2) is 0 Å². The molecule has 2 heteroatoms. The summed E-state index contributed by atoms with van der Waals surface area (Å²) >= 11 is 0. The van der Waals surface area contributed by atoms with Crippen molar-refractivity contribution in [3.05, 3.63) is 73.3 Å². The fourth-order valence-corrected chi connectivity index (χ4v) is 9.04. The van der Waals surface area contributed by atoms with E-state index < -0.39 is 8.32 Å². The molecule has 0 aliphatic rings. The maximum Gasteiger partial charge on any atom is 0.261 e. The van der Waals surface area contributed by atoms with Crippen LogP contribution in [0.25, 0.3) is 0 Å². The minimum absolute atomic E-state index is 0.0503. The molecular weight excluding hydrogens is 368 g/mol. The van der Waals surface area contributed by atoms with Crippen molar-refractivity contribution >= 4 is 18.7 Å². The van der Waals surface area contributed by atoms with Crippen LogP contribution in [0.3, 0.4) is 0 Å². The molecular formula is C27H40OSi. The molecule has 0 amide bonds. The van der Waals surface area contributed by atoms with Crippen LogP contribution in [0.4, 0.5) is 0 Å². The molecule has 0 saturated carbocycles. The Kier molecular flexibility index (Phi) is 9.39. The number of hydrogen-bond donors (Lipinski definition) is 0. The second-order valence-electron chi connectivity index (χ2n) is 9.23. The zero-order valence-electron chi connectivity index (χ0n) is 19.0. The van der Waals surface area contributed by atoms with Gasteiger partial charge in [-0.3, -0.25) is 0 Å². The van der Waals surface area contributed by atoms with Crippen molar-refractivity contribution < 1.29 is 4.43 Å². The Morgan fingerprint density at radius 1 is 0.828 bits per heavy atom. The number of unbranched alkanes of at least 4 members (excludes halogenated alkanes) is 5. The lowest BCUT2D eigenvalue weighted by Gasteiger charge is -2.44. The van der Waals surface area contributed by atoms with Crippen LogP contribution in [-0.4, -0.2) is 14.4 Å². The third-order valence-corrected chi connectivity index (χ3v) is 11.0. The molecule has 0 aromatic heterocycles. The number of hydrogen-bond acceptors (Lipinski definition) is 1. The fourth-order valence-electron chi connectivity index (χ4n) is 4.30. The minimum atomic E-state index is -2.41. The fraction of sp³-hybridized carbons (Fsp3) is 0.481. The second kappa shape index (κ2) is 11.5. The summed E-state index contributed by atoms with van der Waals surface area (Å²) in [5, 5.41) is 2.79. The lowest BCUT2D eigenvalue weighted by molar-refractivity contribution is 0.192. The van der Waals surface area contributed by atoms with Gasteiger partial charge in [0.2, 0.25) is 0 Å². The van der Waals surface area contributed by atoms with Crippen molar-refractivity contribution in [2.24, 2.45) is 0 Å². The van der Waals surface area contributed by atoms with Crippen molar-refractivity contribution in [2.75, 3.05) is 0 Å². The molecule has 0 N–H and O–H groups in total. The van der Waals surface area contributed by atoms with E-state index in [0.29, 0.717) is 0 Å². The molecule has 0 unspecified atom stereocenters. The Hall–Kier alpha value is -1.64. The first-order chi connectivity index (χ1) is 13.9. The quantitative estimate of drug-likeness (QED) is 0.211. The Bertz CT molecular complexity index is 663. The molecule has 29 heavy (non-hydrogen) atoms. The van der Waals surface area contributed by atoms with Gasteiger partial charge in [-0.1, -0.05) is 113 Å². The highest BCUT2D eigenvalue weighted by Crippen LogP contribution is 2.37. The Balaban J connectivity index is 2.17. The maximum atomic E-state index is 7.15. The average Bonchev–Trinajstić information content (AvgIpc) is 2.71. The van der Waals surface area contributed by atoms with Crippen LogP contribution in [0, 0.1) is 0 Å². The summed E-state index contributed by atoms with van der Waals surface area (Å²) in [6.07, 6.45) is 11.0. The van der Waals surface area contributed by atoms with Crippen LogP contribution in [-0.2, 0) is 4.43 Å². The topological polar surface area (TPSA) is 9.23 Å². The Labute approximate surface area is 180 Å². The van der Waals surface area contributed by atoms with E-state index >= 15 is 0 Å². The van der Waals surface area contributed by atoms with Crippen molar-refractivity contribution in [2.45, 2.75) is 83.8 Å². The van der Waals surface area contributed by atoms with Crippen LogP contribution in [0.1, 0.15) is 72.6 Å². The standard InChI is InChI=1S/C27H40OSi/c1-6-7-8-9-10-11-14-19-24(2)28-29(27(3,4)5,25-20-15-12-16-21-25)26-22-17-13-18-23-26/h6,12-13,15-18,20-24H,1,7-11,14,19H2,2-5H3/t24-/m0/s1. The van der Waals surface area contributed by atoms with Gasteiger partial charge in [-0.15, -0.1) is 6.58 Å². The summed E-state index contributed by atoms with van der Waals surface area (Å²) in [6, 6.07) is 21.9. The van der Waals surface area contributed by atoms with Crippen LogP contribution in [0.15, 0.2) is 73.3 Å². The third-order valence-electron chi connectivity index (χ3n) is 5.81. The third kappa shape index (κ3) is 6.42. The summed E-state index contributed by atoms with van der Waals surface area (Å²) in [5.74, 6) is 0. The molecule has 0 radical (unpaired) electrons. The summed E-state index contributed by atoms with van der Waals surface area (Å²) in [6.45, 7) is 13.1. The second-order valence-corrected chi connectivity index (χ2v) is 13.5. The maximum absolute atomic E-state index is 7.15. The highest BCUT2D eigenvalue weighted by molar-refractivity contribution is 6.99. The van der Waals surface area contributed by atoms with Crippen molar-refractivity contribution in [3.63, 3.8) is 0 Å². The lowest BCUT2D eigenvalue weighted by Crippen LogP contribution is -2.67. The van der Waals surface area contributed by atoms with Crippen LogP contribution < -0.4 is 10.4 Å². The first-order valence-electron chi connectivity index (χ1n) is 11.3.